The van der Waals surface area contributed by atoms with Gasteiger partial charge in [0.15, 0.2) is 0 Å². The molecule has 30 heavy (non-hydrogen) atoms. The summed E-state index contributed by atoms with van der Waals surface area (Å²) in [6.45, 7) is 5.17. The molecule has 0 fully saturated rings. The maximum atomic E-state index is 12.2. The molecule has 0 aliphatic carbocycles. The van der Waals surface area contributed by atoms with E-state index in [4.69, 9.17) is 5.73 Å². The van der Waals surface area contributed by atoms with Crippen LogP contribution in [0.3, 0.4) is 0 Å². The molecule has 4 rings (SSSR count). The van der Waals surface area contributed by atoms with Gasteiger partial charge in [-0.05, 0) is 54.2 Å². The molecule has 3 heteroatoms. The van der Waals surface area contributed by atoms with Crippen molar-refractivity contribution in [2.24, 2.45) is 5.73 Å². The number of aryl methyl sites for hydroxylation is 2. The Morgan fingerprint density at radius 1 is 0.867 bits per heavy atom. The maximum absolute atomic E-state index is 12.2. The second kappa shape index (κ2) is 8.74. The zero-order chi connectivity index (χ0) is 21.1. The van der Waals surface area contributed by atoms with E-state index in [0.717, 1.165) is 35.7 Å². The first-order chi connectivity index (χ1) is 14.6. The van der Waals surface area contributed by atoms with Crippen molar-refractivity contribution in [2.75, 3.05) is 0 Å². The Bertz CT molecular complexity index is 1190. The van der Waals surface area contributed by atoms with Gasteiger partial charge < -0.3 is 10.3 Å². The lowest BCUT2D eigenvalue weighted by Crippen LogP contribution is -2.11. The molecule has 0 aliphatic heterocycles. The van der Waals surface area contributed by atoms with Crippen LogP contribution in [0.2, 0.25) is 0 Å². The standard InChI is InChI=1S/C27H30N2O/c1-3-5-6-8-20-15-16-22-25(17-20)29(18-21-13-11-19(4-2)12-14-21)24-10-7-9-23(26(22)24)27(28)30/h7,9-17H,3-6,8,18H2,1-2H3,(H2,28,30). The fourth-order valence-corrected chi connectivity index (χ4v) is 4.36. The Kier molecular flexibility index (Phi) is 5.89. The molecule has 0 bridgehead atoms. The lowest BCUT2D eigenvalue weighted by molar-refractivity contribution is 0.100. The van der Waals surface area contributed by atoms with Crippen LogP contribution in [0.15, 0.2) is 60.7 Å². The molecule has 0 atom stereocenters. The third-order valence-corrected chi connectivity index (χ3v) is 6.06. The monoisotopic (exact) mass is 398 g/mol. The summed E-state index contributed by atoms with van der Waals surface area (Å²) in [6.07, 6.45) is 5.79. The van der Waals surface area contributed by atoms with Crippen molar-refractivity contribution in [3.63, 3.8) is 0 Å². The highest BCUT2D eigenvalue weighted by molar-refractivity contribution is 6.17. The molecule has 0 aliphatic rings. The van der Waals surface area contributed by atoms with Gasteiger partial charge in [-0.15, -0.1) is 0 Å². The maximum Gasteiger partial charge on any atom is 0.249 e. The van der Waals surface area contributed by atoms with Gasteiger partial charge in [-0.3, -0.25) is 4.79 Å². The summed E-state index contributed by atoms with van der Waals surface area (Å²) >= 11 is 0. The smallest absolute Gasteiger partial charge is 0.249 e. The second-order valence-corrected chi connectivity index (χ2v) is 8.13. The number of aromatic nitrogens is 1. The second-order valence-electron chi connectivity index (χ2n) is 8.13. The Labute approximate surface area is 178 Å². The Hall–Kier alpha value is -3.07. The van der Waals surface area contributed by atoms with Crippen LogP contribution in [0, 0.1) is 0 Å². The molecule has 1 heterocycles. The lowest BCUT2D eigenvalue weighted by atomic mass is 10.0. The molecule has 0 saturated heterocycles. The van der Waals surface area contributed by atoms with Gasteiger partial charge >= 0.3 is 0 Å². The molecule has 3 nitrogen and oxygen atoms in total. The lowest BCUT2D eigenvalue weighted by Gasteiger charge is -2.10. The summed E-state index contributed by atoms with van der Waals surface area (Å²) in [6, 6.07) is 21.4. The number of nitrogens with two attached hydrogens (primary N) is 1. The minimum atomic E-state index is -0.376. The number of nitrogens with zero attached hydrogens (tertiary/aromatic N) is 1. The minimum absolute atomic E-state index is 0.376. The molecular weight excluding hydrogens is 368 g/mol. The van der Waals surface area contributed by atoms with Gasteiger partial charge in [0.1, 0.15) is 0 Å². The summed E-state index contributed by atoms with van der Waals surface area (Å²) in [5, 5.41) is 2.06. The van der Waals surface area contributed by atoms with Crippen molar-refractivity contribution in [2.45, 2.75) is 52.5 Å². The fourth-order valence-electron chi connectivity index (χ4n) is 4.36. The van der Waals surface area contributed by atoms with Crippen molar-refractivity contribution >= 4 is 27.7 Å². The van der Waals surface area contributed by atoms with Gasteiger partial charge in [0.2, 0.25) is 5.91 Å². The average molecular weight is 399 g/mol. The van der Waals surface area contributed by atoms with Crippen LogP contribution in [0.5, 0.6) is 0 Å². The third-order valence-electron chi connectivity index (χ3n) is 6.06. The van der Waals surface area contributed by atoms with Crippen LogP contribution >= 0.6 is 0 Å². The number of benzene rings is 3. The number of amides is 1. The number of unbranched alkanes of at least 4 members (excludes halogenated alkanes) is 2. The highest BCUT2D eigenvalue weighted by Gasteiger charge is 2.17. The zero-order valence-electron chi connectivity index (χ0n) is 17.9. The number of primary amides is 1. The number of hydrogen-bond acceptors (Lipinski definition) is 1. The normalized spacial score (nSPS) is 11.4. The van der Waals surface area contributed by atoms with Crippen LogP contribution in [0.4, 0.5) is 0 Å². The topological polar surface area (TPSA) is 48.0 Å². The van der Waals surface area contributed by atoms with Crippen LogP contribution in [-0.2, 0) is 19.4 Å². The Morgan fingerprint density at radius 2 is 1.60 bits per heavy atom. The van der Waals surface area contributed by atoms with Gasteiger partial charge in [0.05, 0.1) is 5.52 Å². The molecule has 2 N–H and O–H groups in total. The average Bonchev–Trinajstić information content (AvgIpc) is 3.07. The number of carbonyl (C=O) groups excluding carboxylic acids is 1. The highest BCUT2D eigenvalue weighted by Crippen LogP contribution is 2.33. The van der Waals surface area contributed by atoms with Gasteiger partial charge in [0, 0.05) is 28.4 Å². The highest BCUT2D eigenvalue weighted by atomic mass is 16.1. The molecule has 4 aromatic rings. The van der Waals surface area contributed by atoms with Crippen LogP contribution < -0.4 is 5.73 Å². The number of hydrogen-bond donors (Lipinski definition) is 1. The quantitative estimate of drug-likeness (QED) is 0.351. The molecule has 0 saturated carbocycles. The molecule has 1 amide bonds. The molecule has 0 radical (unpaired) electrons. The van der Waals surface area contributed by atoms with E-state index in [1.807, 2.05) is 12.1 Å². The number of fused-ring (bicyclic) bond motifs is 3. The van der Waals surface area contributed by atoms with Crippen LogP contribution in [-0.4, -0.2) is 10.5 Å². The van der Waals surface area contributed by atoms with Crippen LogP contribution in [0.25, 0.3) is 21.8 Å². The van der Waals surface area contributed by atoms with Crippen LogP contribution in [0.1, 0.15) is 60.2 Å². The molecular formula is C27H30N2O. The summed E-state index contributed by atoms with van der Waals surface area (Å²) < 4.78 is 2.33. The number of rotatable bonds is 8. The predicted octanol–water partition coefficient (Wildman–Crippen LogP) is 6.24. The Balaban J connectivity index is 1.88. The van der Waals surface area contributed by atoms with E-state index < -0.39 is 0 Å². The van der Waals surface area contributed by atoms with E-state index in [2.05, 4.69) is 66.9 Å². The predicted molar refractivity (Wildman–Crippen MR) is 126 cm³/mol. The molecule has 0 unspecified atom stereocenters. The van der Waals surface area contributed by atoms with E-state index in [9.17, 15) is 4.79 Å². The van der Waals surface area contributed by atoms with Crippen molar-refractivity contribution in [1.29, 1.82) is 0 Å². The van der Waals surface area contributed by atoms with Gasteiger partial charge in [0.25, 0.3) is 0 Å². The van der Waals surface area contributed by atoms with Crippen molar-refractivity contribution in [3.8, 4) is 0 Å². The van der Waals surface area contributed by atoms with E-state index in [1.54, 1.807) is 0 Å². The largest absolute Gasteiger partial charge is 0.366 e. The molecule has 1 aromatic heterocycles. The first-order valence-electron chi connectivity index (χ1n) is 11.0. The summed E-state index contributed by atoms with van der Waals surface area (Å²) in [5.41, 5.74) is 12.5. The van der Waals surface area contributed by atoms with Crippen molar-refractivity contribution in [1.82, 2.24) is 4.57 Å². The zero-order valence-corrected chi connectivity index (χ0v) is 17.9. The molecule has 0 spiro atoms. The Morgan fingerprint density at radius 3 is 2.30 bits per heavy atom. The summed E-state index contributed by atoms with van der Waals surface area (Å²) in [4.78, 5) is 12.2. The summed E-state index contributed by atoms with van der Waals surface area (Å²) in [7, 11) is 0. The van der Waals surface area contributed by atoms with Gasteiger partial charge in [-0.1, -0.05) is 69.2 Å². The minimum Gasteiger partial charge on any atom is -0.366 e. The van der Waals surface area contributed by atoms with E-state index >= 15 is 0 Å². The third kappa shape index (κ3) is 3.85. The van der Waals surface area contributed by atoms with E-state index in [0.29, 0.717) is 5.56 Å². The van der Waals surface area contributed by atoms with E-state index in [1.165, 1.54) is 41.5 Å². The van der Waals surface area contributed by atoms with Crippen molar-refractivity contribution in [3.05, 3.63) is 82.9 Å². The summed E-state index contributed by atoms with van der Waals surface area (Å²) in [5.74, 6) is -0.376. The first kappa shape index (κ1) is 20.2. The number of carbonyl (C=O) groups is 1. The van der Waals surface area contributed by atoms with E-state index in [-0.39, 0.29) is 5.91 Å². The first-order valence-corrected chi connectivity index (χ1v) is 11.0. The molecule has 154 valence electrons. The van der Waals surface area contributed by atoms with Gasteiger partial charge in [-0.25, -0.2) is 0 Å². The van der Waals surface area contributed by atoms with Crippen molar-refractivity contribution < 1.29 is 4.79 Å². The molecule has 3 aromatic carbocycles. The SMILES string of the molecule is CCCCCc1ccc2c3c(C(N)=O)cccc3n(Cc3ccc(CC)cc3)c2c1. The fraction of sp³-hybridized carbons (Fsp3) is 0.296. The van der Waals surface area contributed by atoms with Gasteiger partial charge in [-0.2, -0.15) is 0 Å².